The van der Waals surface area contributed by atoms with E-state index in [4.69, 9.17) is 9.47 Å². The van der Waals surface area contributed by atoms with Crippen LogP contribution in [0.15, 0.2) is 48.5 Å². The monoisotopic (exact) mass is 375 g/mol. The zero-order valence-corrected chi connectivity index (χ0v) is 14.0. The largest absolute Gasteiger partial charge is 0.495 e. The summed E-state index contributed by atoms with van der Waals surface area (Å²) >= 11 is 0. The lowest BCUT2D eigenvalue weighted by molar-refractivity contribution is -0.137. The lowest BCUT2D eigenvalue weighted by atomic mass is 10.2. The molecule has 9 heteroatoms. The van der Waals surface area contributed by atoms with Gasteiger partial charge in [-0.25, -0.2) is 8.42 Å². The third-order valence-corrected chi connectivity index (χ3v) is 4.39. The Kier molecular flexibility index (Phi) is 5.78. The second kappa shape index (κ2) is 7.64. The van der Waals surface area contributed by atoms with E-state index in [1.807, 2.05) is 0 Å². The first-order valence-electron chi connectivity index (χ1n) is 7.15. The molecule has 0 fully saturated rings. The molecule has 0 unspecified atom stereocenters. The molecule has 2 rings (SSSR count). The van der Waals surface area contributed by atoms with Crippen LogP contribution in [0.1, 0.15) is 5.56 Å². The highest BCUT2D eigenvalue weighted by molar-refractivity contribution is 7.92. The Morgan fingerprint density at radius 1 is 1.08 bits per heavy atom. The van der Waals surface area contributed by atoms with Crippen LogP contribution in [-0.2, 0) is 16.2 Å². The number of benzene rings is 2. The second-order valence-electron chi connectivity index (χ2n) is 5.00. The van der Waals surface area contributed by atoms with E-state index in [-0.39, 0.29) is 18.0 Å². The molecule has 0 aliphatic rings. The van der Waals surface area contributed by atoms with E-state index in [1.165, 1.54) is 7.11 Å². The molecule has 0 atom stereocenters. The summed E-state index contributed by atoms with van der Waals surface area (Å²) in [6, 6.07) is 11.1. The first-order chi connectivity index (χ1) is 11.7. The highest BCUT2D eigenvalue weighted by Gasteiger charge is 2.31. The van der Waals surface area contributed by atoms with Gasteiger partial charge < -0.3 is 9.47 Å². The lowest BCUT2D eigenvalue weighted by Crippen LogP contribution is -2.22. The van der Waals surface area contributed by atoms with Gasteiger partial charge in [-0.2, -0.15) is 13.2 Å². The molecule has 0 aliphatic heterocycles. The molecule has 5 nitrogen and oxygen atoms in total. The van der Waals surface area contributed by atoms with Crippen molar-refractivity contribution in [3.05, 3.63) is 54.1 Å². The zero-order valence-electron chi connectivity index (χ0n) is 13.2. The van der Waals surface area contributed by atoms with Gasteiger partial charge in [0, 0.05) is 0 Å². The molecule has 0 aromatic heterocycles. The topological polar surface area (TPSA) is 64.6 Å². The van der Waals surface area contributed by atoms with Gasteiger partial charge in [0.05, 0.1) is 18.4 Å². The van der Waals surface area contributed by atoms with Gasteiger partial charge in [-0.15, -0.1) is 0 Å². The number of ether oxygens (including phenoxy) is 2. The van der Waals surface area contributed by atoms with Gasteiger partial charge in [0.1, 0.15) is 23.9 Å². The van der Waals surface area contributed by atoms with Crippen LogP contribution in [0.25, 0.3) is 0 Å². The second-order valence-corrected chi connectivity index (χ2v) is 6.84. The first kappa shape index (κ1) is 18.9. The highest BCUT2D eigenvalue weighted by Crippen LogP contribution is 2.35. The number of rotatable bonds is 7. The van der Waals surface area contributed by atoms with Crippen molar-refractivity contribution < 1.29 is 31.1 Å². The van der Waals surface area contributed by atoms with E-state index < -0.39 is 27.5 Å². The van der Waals surface area contributed by atoms with Gasteiger partial charge in [0.25, 0.3) is 0 Å². The van der Waals surface area contributed by atoms with Gasteiger partial charge in [0.2, 0.25) is 10.0 Å². The van der Waals surface area contributed by atoms with Crippen molar-refractivity contribution >= 4 is 15.7 Å². The summed E-state index contributed by atoms with van der Waals surface area (Å²) in [5.41, 5.74) is -1.26. The number of alkyl halides is 3. The fourth-order valence-electron chi connectivity index (χ4n) is 1.97. The Hall–Kier alpha value is -2.42. The van der Waals surface area contributed by atoms with Crippen LogP contribution in [-0.4, -0.2) is 27.9 Å². The Balaban J connectivity index is 2.08. The minimum Gasteiger partial charge on any atom is -0.495 e. The van der Waals surface area contributed by atoms with Crippen molar-refractivity contribution in [3.63, 3.8) is 0 Å². The smallest absolute Gasteiger partial charge is 0.416 e. The third kappa shape index (κ3) is 5.56. The molecule has 0 amide bonds. The molecule has 0 bridgehead atoms. The summed E-state index contributed by atoms with van der Waals surface area (Å²) in [4.78, 5) is 0. The molecule has 0 saturated carbocycles. The van der Waals surface area contributed by atoms with Crippen molar-refractivity contribution in [2.24, 2.45) is 0 Å². The zero-order chi connectivity index (χ0) is 18.5. The van der Waals surface area contributed by atoms with E-state index in [9.17, 15) is 21.6 Å². The van der Waals surface area contributed by atoms with Crippen LogP contribution < -0.4 is 14.2 Å². The van der Waals surface area contributed by atoms with Crippen LogP contribution >= 0.6 is 0 Å². The Bertz CT molecular complexity index is 808. The summed E-state index contributed by atoms with van der Waals surface area (Å²) < 4.78 is 74.8. The average molecular weight is 375 g/mol. The molecule has 0 heterocycles. The summed E-state index contributed by atoms with van der Waals surface area (Å²) in [5, 5.41) is 0. The van der Waals surface area contributed by atoms with Gasteiger partial charge >= 0.3 is 6.18 Å². The molecule has 0 saturated heterocycles. The molecule has 2 aromatic rings. The number of anilines is 1. The van der Waals surface area contributed by atoms with Crippen molar-refractivity contribution in [2.45, 2.75) is 6.18 Å². The van der Waals surface area contributed by atoms with E-state index in [0.717, 1.165) is 12.1 Å². The van der Waals surface area contributed by atoms with Gasteiger partial charge in [-0.1, -0.05) is 18.2 Å². The molecule has 0 aliphatic carbocycles. The minimum atomic E-state index is -4.59. The van der Waals surface area contributed by atoms with Crippen molar-refractivity contribution in [3.8, 4) is 11.5 Å². The molecule has 0 radical (unpaired) electrons. The number of hydrogen-bond donors (Lipinski definition) is 1. The van der Waals surface area contributed by atoms with E-state index in [1.54, 1.807) is 30.3 Å². The van der Waals surface area contributed by atoms with Gasteiger partial charge in [-0.05, 0) is 30.3 Å². The third-order valence-electron chi connectivity index (χ3n) is 3.16. The van der Waals surface area contributed by atoms with Crippen LogP contribution in [0.3, 0.4) is 0 Å². The summed E-state index contributed by atoms with van der Waals surface area (Å²) in [6.07, 6.45) is -4.59. The molecule has 25 heavy (non-hydrogen) atoms. The number of nitrogens with one attached hydrogen (secondary N) is 1. The first-order valence-corrected chi connectivity index (χ1v) is 8.80. The molecular formula is C16H16F3NO4S. The number of para-hydroxylation sites is 1. The van der Waals surface area contributed by atoms with Crippen molar-refractivity contribution in [1.82, 2.24) is 0 Å². The highest BCUT2D eigenvalue weighted by atomic mass is 32.2. The number of sulfonamides is 1. The average Bonchev–Trinajstić information content (AvgIpc) is 2.54. The number of methoxy groups -OCH3 is 1. The SMILES string of the molecule is COc1ccc(C(F)(F)F)cc1NS(=O)(=O)CCOc1ccccc1. The predicted molar refractivity (Wildman–Crippen MR) is 87.3 cm³/mol. The predicted octanol–water partition coefficient (Wildman–Crippen LogP) is 3.53. The molecule has 0 spiro atoms. The maximum absolute atomic E-state index is 12.8. The van der Waals surface area contributed by atoms with E-state index in [2.05, 4.69) is 4.72 Å². The maximum Gasteiger partial charge on any atom is 0.416 e. The quantitative estimate of drug-likeness (QED) is 0.804. The summed E-state index contributed by atoms with van der Waals surface area (Å²) in [5.74, 6) is 0.0521. The van der Waals surface area contributed by atoms with Crippen LogP contribution in [0.4, 0.5) is 18.9 Å². The molecular weight excluding hydrogens is 359 g/mol. The Morgan fingerprint density at radius 3 is 2.36 bits per heavy atom. The Labute approximate surface area is 143 Å². The maximum atomic E-state index is 12.8. The molecule has 1 N–H and O–H groups in total. The fraction of sp³-hybridized carbons (Fsp3) is 0.250. The van der Waals surface area contributed by atoms with Crippen molar-refractivity contribution in [2.75, 3.05) is 24.2 Å². The fourth-order valence-corrected chi connectivity index (χ4v) is 2.87. The lowest BCUT2D eigenvalue weighted by Gasteiger charge is -2.15. The van der Waals surface area contributed by atoms with Crippen LogP contribution in [0, 0.1) is 0 Å². The van der Waals surface area contributed by atoms with Crippen molar-refractivity contribution in [1.29, 1.82) is 0 Å². The molecule has 2 aromatic carbocycles. The standard InChI is InChI=1S/C16H16F3NO4S/c1-23-15-8-7-12(16(17,18)19)11-14(15)20-25(21,22)10-9-24-13-5-3-2-4-6-13/h2-8,11,20H,9-10H2,1H3. The number of hydrogen-bond acceptors (Lipinski definition) is 4. The minimum absolute atomic E-state index is 0.0134. The Morgan fingerprint density at radius 2 is 1.76 bits per heavy atom. The summed E-state index contributed by atoms with van der Waals surface area (Å²) in [7, 11) is -2.69. The molecule has 136 valence electrons. The summed E-state index contributed by atoms with van der Waals surface area (Å²) in [6.45, 7) is -0.152. The number of halogens is 3. The van der Waals surface area contributed by atoms with Gasteiger partial charge in [0.15, 0.2) is 0 Å². The van der Waals surface area contributed by atoms with Gasteiger partial charge in [-0.3, -0.25) is 4.72 Å². The normalized spacial score (nSPS) is 11.8. The van der Waals surface area contributed by atoms with E-state index >= 15 is 0 Å². The van der Waals surface area contributed by atoms with Crippen LogP contribution in [0.2, 0.25) is 0 Å². The van der Waals surface area contributed by atoms with E-state index in [0.29, 0.717) is 11.8 Å². The van der Waals surface area contributed by atoms with Crippen LogP contribution in [0.5, 0.6) is 11.5 Å².